The number of rotatable bonds is 2. The summed E-state index contributed by atoms with van der Waals surface area (Å²) in [6.07, 6.45) is -0.725. The Kier molecular flexibility index (Phi) is 2.77. The summed E-state index contributed by atoms with van der Waals surface area (Å²) in [5.41, 5.74) is 0.619. The van der Waals surface area contributed by atoms with Crippen molar-refractivity contribution in [3.63, 3.8) is 0 Å². The van der Waals surface area contributed by atoms with E-state index >= 15 is 0 Å². The van der Waals surface area contributed by atoms with Gasteiger partial charge in [0, 0.05) is 5.69 Å². The number of nitrogens with zero attached hydrogens (tertiary/aromatic N) is 1. The summed E-state index contributed by atoms with van der Waals surface area (Å²) in [6.45, 7) is 0.411. The van der Waals surface area contributed by atoms with Crippen LogP contribution in [0.2, 0.25) is 0 Å². The van der Waals surface area contributed by atoms with E-state index in [1.165, 1.54) is 29.2 Å². The summed E-state index contributed by atoms with van der Waals surface area (Å²) in [4.78, 5) is 12.8. The van der Waals surface area contributed by atoms with E-state index in [1.807, 2.05) is 0 Å². The minimum atomic E-state index is -0.438. The van der Waals surface area contributed by atoms with Gasteiger partial charge in [-0.3, -0.25) is 4.90 Å². The molecule has 5 heteroatoms. The third kappa shape index (κ3) is 2.04. The van der Waals surface area contributed by atoms with Crippen molar-refractivity contribution in [3.05, 3.63) is 30.1 Å². The minimum Gasteiger partial charge on any atom is -0.443 e. The molecule has 0 N–H and O–H groups in total. The number of carbonyl (C=O) groups excluding carboxylic acids is 1. The van der Waals surface area contributed by atoms with Crippen LogP contribution in [0.15, 0.2) is 24.3 Å². The molecule has 3 nitrogen and oxygen atoms in total. The number of hydrogen-bond acceptors (Lipinski definition) is 2. The maximum atomic E-state index is 12.7. The van der Waals surface area contributed by atoms with Crippen molar-refractivity contribution in [2.24, 2.45) is 0 Å². The predicted octanol–water partition coefficient (Wildman–Crippen LogP) is 2.39. The van der Waals surface area contributed by atoms with Crippen LogP contribution in [0.3, 0.4) is 0 Å². The molecule has 0 bridgehead atoms. The average Bonchev–Trinajstić information content (AvgIpc) is 2.61. The van der Waals surface area contributed by atoms with E-state index in [1.54, 1.807) is 0 Å². The van der Waals surface area contributed by atoms with Gasteiger partial charge in [0.2, 0.25) is 0 Å². The van der Waals surface area contributed by atoms with Crippen LogP contribution in [0.25, 0.3) is 0 Å². The summed E-state index contributed by atoms with van der Waals surface area (Å²) in [5, 5.41) is 0. The molecule has 0 aromatic heterocycles. The van der Waals surface area contributed by atoms with Gasteiger partial charge in [-0.15, -0.1) is 11.6 Å². The van der Waals surface area contributed by atoms with Crippen molar-refractivity contribution in [3.8, 4) is 0 Å². The van der Waals surface area contributed by atoms with Crippen molar-refractivity contribution in [2.75, 3.05) is 17.3 Å². The van der Waals surface area contributed by atoms with Gasteiger partial charge in [-0.25, -0.2) is 9.18 Å². The fourth-order valence-electron chi connectivity index (χ4n) is 1.43. The first-order valence-electron chi connectivity index (χ1n) is 4.50. The lowest BCUT2D eigenvalue weighted by Crippen LogP contribution is -2.24. The zero-order chi connectivity index (χ0) is 10.8. The lowest BCUT2D eigenvalue weighted by atomic mass is 10.3. The Bertz CT molecular complexity index is 368. The normalized spacial score (nSPS) is 20.5. The molecule has 0 unspecified atom stereocenters. The Labute approximate surface area is 91.4 Å². The molecule has 2 rings (SSSR count). The number of alkyl halides is 1. The van der Waals surface area contributed by atoms with Crippen LogP contribution in [0, 0.1) is 5.82 Å². The maximum absolute atomic E-state index is 12.7. The second kappa shape index (κ2) is 4.06. The van der Waals surface area contributed by atoms with Gasteiger partial charge in [-0.05, 0) is 24.3 Å². The molecule has 1 aromatic rings. The summed E-state index contributed by atoms with van der Waals surface area (Å²) in [7, 11) is 0. The Morgan fingerprint density at radius 1 is 1.47 bits per heavy atom. The van der Waals surface area contributed by atoms with E-state index in [0.29, 0.717) is 12.2 Å². The highest BCUT2D eigenvalue weighted by atomic mass is 35.5. The summed E-state index contributed by atoms with van der Waals surface area (Å²) in [6, 6.07) is 5.67. The molecule has 80 valence electrons. The van der Waals surface area contributed by atoms with Gasteiger partial charge in [0.1, 0.15) is 11.9 Å². The topological polar surface area (TPSA) is 29.5 Å². The summed E-state index contributed by atoms with van der Waals surface area (Å²) in [5.74, 6) is -0.0658. The van der Waals surface area contributed by atoms with Gasteiger partial charge in [-0.1, -0.05) is 0 Å². The summed E-state index contributed by atoms with van der Waals surface area (Å²) < 4.78 is 17.6. The predicted molar refractivity (Wildman–Crippen MR) is 54.7 cm³/mol. The molecular formula is C10H9ClFNO2. The molecule has 1 saturated heterocycles. The Balaban J connectivity index is 2.18. The van der Waals surface area contributed by atoms with Crippen LogP contribution in [0.1, 0.15) is 0 Å². The number of cyclic esters (lactones) is 1. The number of amides is 1. The maximum Gasteiger partial charge on any atom is 0.414 e. The molecule has 0 saturated carbocycles. The zero-order valence-corrected chi connectivity index (χ0v) is 8.58. The molecule has 1 aliphatic rings. The molecule has 1 heterocycles. The molecular weight excluding hydrogens is 221 g/mol. The molecule has 0 spiro atoms. The second-order valence-corrected chi connectivity index (χ2v) is 3.56. The highest BCUT2D eigenvalue weighted by Crippen LogP contribution is 2.22. The average molecular weight is 230 g/mol. The van der Waals surface area contributed by atoms with E-state index in [0.717, 1.165) is 0 Å². The minimum absolute atomic E-state index is 0.267. The van der Waals surface area contributed by atoms with Gasteiger partial charge in [0.05, 0.1) is 12.4 Å². The number of carbonyl (C=O) groups is 1. The molecule has 0 radical (unpaired) electrons. The van der Waals surface area contributed by atoms with Crippen molar-refractivity contribution < 1.29 is 13.9 Å². The lowest BCUT2D eigenvalue weighted by molar-refractivity contribution is 0.151. The fourth-order valence-corrected chi connectivity index (χ4v) is 1.59. The fraction of sp³-hybridized carbons (Fsp3) is 0.300. The standard InChI is InChI=1S/C10H9ClFNO2/c11-5-9-6-13(10(14)15-9)8-3-1-7(12)2-4-8/h1-4,9H,5-6H2/t9-/m0/s1. The molecule has 1 amide bonds. The highest BCUT2D eigenvalue weighted by molar-refractivity contribution is 6.18. The van der Waals surface area contributed by atoms with Crippen molar-refractivity contribution in [2.45, 2.75) is 6.10 Å². The van der Waals surface area contributed by atoms with Gasteiger partial charge >= 0.3 is 6.09 Å². The quantitative estimate of drug-likeness (QED) is 0.729. The molecule has 15 heavy (non-hydrogen) atoms. The van der Waals surface area contributed by atoms with Crippen LogP contribution < -0.4 is 4.90 Å². The molecule has 0 aliphatic carbocycles. The van der Waals surface area contributed by atoms with Crippen molar-refractivity contribution in [1.82, 2.24) is 0 Å². The van der Waals surface area contributed by atoms with Crippen molar-refractivity contribution in [1.29, 1.82) is 0 Å². The first-order valence-corrected chi connectivity index (χ1v) is 5.04. The van der Waals surface area contributed by atoms with Gasteiger partial charge in [-0.2, -0.15) is 0 Å². The number of hydrogen-bond donors (Lipinski definition) is 0. The van der Waals surface area contributed by atoms with Gasteiger partial charge in [0.15, 0.2) is 0 Å². The van der Waals surface area contributed by atoms with Gasteiger partial charge in [0.25, 0.3) is 0 Å². The second-order valence-electron chi connectivity index (χ2n) is 3.25. The largest absolute Gasteiger partial charge is 0.443 e. The number of ether oxygens (including phenoxy) is 1. The first kappa shape index (κ1) is 10.2. The molecule has 1 aliphatic heterocycles. The monoisotopic (exact) mass is 229 g/mol. The molecule has 1 fully saturated rings. The highest BCUT2D eigenvalue weighted by Gasteiger charge is 2.31. The van der Waals surface area contributed by atoms with Crippen LogP contribution in [-0.4, -0.2) is 24.6 Å². The van der Waals surface area contributed by atoms with Gasteiger partial charge < -0.3 is 4.74 Å². The third-order valence-electron chi connectivity index (χ3n) is 2.18. The van der Waals surface area contributed by atoms with E-state index < -0.39 is 6.09 Å². The molecule has 1 aromatic carbocycles. The Hall–Kier alpha value is -1.29. The van der Waals surface area contributed by atoms with E-state index in [2.05, 4.69) is 0 Å². The Morgan fingerprint density at radius 3 is 2.67 bits per heavy atom. The van der Waals surface area contributed by atoms with Crippen molar-refractivity contribution >= 4 is 23.4 Å². The van der Waals surface area contributed by atoms with Crippen LogP contribution in [0.5, 0.6) is 0 Å². The SMILES string of the molecule is O=C1O[C@@H](CCl)CN1c1ccc(F)cc1. The third-order valence-corrected chi connectivity index (χ3v) is 2.53. The summed E-state index contributed by atoms with van der Waals surface area (Å²) >= 11 is 5.59. The Morgan fingerprint density at radius 2 is 2.13 bits per heavy atom. The lowest BCUT2D eigenvalue weighted by Gasteiger charge is -2.12. The van der Waals surface area contributed by atoms with E-state index in [4.69, 9.17) is 16.3 Å². The van der Waals surface area contributed by atoms with Crippen LogP contribution >= 0.6 is 11.6 Å². The zero-order valence-electron chi connectivity index (χ0n) is 7.82. The number of benzene rings is 1. The van der Waals surface area contributed by atoms with E-state index in [9.17, 15) is 9.18 Å². The smallest absolute Gasteiger partial charge is 0.414 e. The number of halogens is 2. The first-order chi connectivity index (χ1) is 7.20. The van der Waals surface area contributed by atoms with E-state index in [-0.39, 0.29) is 17.8 Å². The van der Waals surface area contributed by atoms with Crippen LogP contribution in [-0.2, 0) is 4.74 Å². The molecule has 1 atom stereocenters. The van der Waals surface area contributed by atoms with Crippen LogP contribution in [0.4, 0.5) is 14.9 Å². The number of anilines is 1.